The highest BCUT2D eigenvalue weighted by molar-refractivity contribution is 5.81. The molecule has 1 saturated heterocycles. The Morgan fingerprint density at radius 3 is 2.10 bits per heavy atom. The van der Waals surface area contributed by atoms with Crippen LogP contribution >= 0.6 is 0 Å². The molecule has 424 valence electrons. The number of azo groups is 1. The van der Waals surface area contributed by atoms with Crippen molar-refractivity contribution in [2.45, 2.75) is 162 Å². The van der Waals surface area contributed by atoms with Crippen molar-refractivity contribution in [3.63, 3.8) is 0 Å². The van der Waals surface area contributed by atoms with Crippen molar-refractivity contribution in [2.24, 2.45) is 62.5 Å². The zero-order chi connectivity index (χ0) is 55.5. The molecular weight excluding hydrogens is 981 g/mol. The Hall–Kier alpha value is -5.56. The summed E-state index contributed by atoms with van der Waals surface area (Å²) in [5.74, 6) is 4.65. The van der Waals surface area contributed by atoms with Crippen LogP contribution in [0, 0.1) is 52.3 Å². The van der Waals surface area contributed by atoms with Gasteiger partial charge in [-0.3, -0.25) is 14.4 Å². The Bertz CT molecular complexity index is 2480. The number of nitrogens with one attached hydrogen (secondary N) is 1. The van der Waals surface area contributed by atoms with Gasteiger partial charge in [0.25, 0.3) is 5.91 Å². The summed E-state index contributed by atoms with van der Waals surface area (Å²) in [6.07, 6.45) is 17.0. The third-order valence-corrected chi connectivity index (χ3v) is 19.3. The lowest BCUT2D eigenvalue weighted by atomic mass is 9.47. The number of likely N-dealkylation sites (tertiary alicyclic amines) is 1. The van der Waals surface area contributed by atoms with Crippen LogP contribution < -0.4 is 14.8 Å². The molecule has 1 heterocycles. The van der Waals surface area contributed by atoms with Crippen LogP contribution in [0.25, 0.3) is 0 Å². The summed E-state index contributed by atoms with van der Waals surface area (Å²) in [6.45, 7) is 13.5. The second-order valence-corrected chi connectivity index (χ2v) is 24.4. The quantitative estimate of drug-likeness (QED) is 0.0303. The fourth-order valence-electron chi connectivity index (χ4n) is 15.1. The normalized spacial score (nSPS) is 27.1. The van der Waals surface area contributed by atoms with Gasteiger partial charge in [-0.2, -0.15) is 5.11 Å². The minimum Gasteiger partial charge on any atom is -0.497 e. The lowest BCUT2D eigenvalue weighted by Gasteiger charge is -2.58. The van der Waals surface area contributed by atoms with E-state index in [1.807, 2.05) is 78.9 Å². The third kappa shape index (κ3) is 13.4. The maximum atomic E-state index is 14.0. The summed E-state index contributed by atoms with van der Waals surface area (Å²) in [5.41, 5.74) is 3.64. The van der Waals surface area contributed by atoms with E-state index in [4.69, 9.17) is 23.7 Å². The standard InChI is InChI=1S/C65H90N4O9/c1-44(2)16-15-17-45(3)55-31-32-56-54-30-25-50-40-53(35-37-63(50,4)57(54)36-38-64(55,56)5)77-62(73)67-39-14-10-13-20-60(71)69-41-46(58(42-69)78-61(72)34-33-59(70)68-66-6)43-76-65(47-18-11-9-12-19-47,48-21-26-51(74-7)27-22-48)49-23-28-52(75-8)29-24-49/h9,11-12,18-19,21-29,44-46,53-58H,10,13-17,20,30-43H2,1-8H3,(H,67,73)/t45?,46?,53?,54?,55-,56?,57?,58?,63+,64-/m1/s1. The van der Waals surface area contributed by atoms with Crippen molar-refractivity contribution in [1.29, 1.82) is 0 Å². The number of alkyl carbamates (subject to hydrolysis) is 1. The highest BCUT2D eigenvalue weighted by Crippen LogP contribution is 2.67. The highest BCUT2D eigenvalue weighted by Gasteiger charge is 2.59. The molecule has 10 atom stereocenters. The second-order valence-electron chi connectivity index (χ2n) is 24.4. The number of methoxy groups -OCH3 is 2. The van der Waals surface area contributed by atoms with Crippen molar-refractivity contribution < 1.29 is 42.9 Å². The fraction of sp³-hybridized carbons (Fsp3) is 0.631. The monoisotopic (exact) mass is 1070 g/mol. The molecule has 8 rings (SSSR count). The van der Waals surface area contributed by atoms with Gasteiger partial charge >= 0.3 is 12.1 Å². The molecule has 4 fully saturated rings. The number of carbonyl (C=O) groups is 4. The van der Waals surface area contributed by atoms with Gasteiger partial charge in [-0.05, 0) is 145 Å². The summed E-state index contributed by atoms with van der Waals surface area (Å²) >= 11 is 0. The Morgan fingerprint density at radius 2 is 1.44 bits per heavy atom. The van der Waals surface area contributed by atoms with Crippen LogP contribution in [-0.4, -0.2) is 88.5 Å². The molecule has 4 aliphatic carbocycles. The van der Waals surface area contributed by atoms with E-state index >= 15 is 0 Å². The van der Waals surface area contributed by atoms with E-state index in [0.29, 0.717) is 49.3 Å². The van der Waals surface area contributed by atoms with Gasteiger partial charge in [-0.1, -0.05) is 127 Å². The molecule has 0 radical (unpaired) electrons. The lowest BCUT2D eigenvalue weighted by molar-refractivity contribution is -0.153. The van der Waals surface area contributed by atoms with E-state index in [2.05, 4.69) is 56.2 Å². The zero-order valence-corrected chi connectivity index (χ0v) is 48.1. The van der Waals surface area contributed by atoms with Crippen LogP contribution in [0.1, 0.15) is 160 Å². The van der Waals surface area contributed by atoms with Gasteiger partial charge in [0.2, 0.25) is 5.91 Å². The average Bonchev–Trinajstić information content (AvgIpc) is 4.20. The average molecular weight is 1070 g/mol. The van der Waals surface area contributed by atoms with Crippen molar-refractivity contribution in [3.8, 4) is 11.5 Å². The van der Waals surface area contributed by atoms with Crippen molar-refractivity contribution in [1.82, 2.24) is 10.2 Å². The number of fused-ring (bicyclic) bond motifs is 5. The van der Waals surface area contributed by atoms with E-state index in [9.17, 15) is 19.2 Å². The van der Waals surface area contributed by atoms with E-state index in [-0.39, 0.29) is 49.5 Å². The number of hydrogen-bond acceptors (Lipinski definition) is 10. The minimum absolute atomic E-state index is 0.0477. The van der Waals surface area contributed by atoms with E-state index in [0.717, 1.165) is 77.9 Å². The molecular formula is C65H90N4O9. The van der Waals surface area contributed by atoms with E-state index in [1.165, 1.54) is 64.0 Å². The first-order valence-electron chi connectivity index (χ1n) is 29.5. The molecule has 0 bridgehead atoms. The summed E-state index contributed by atoms with van der Waals surface area (Å²) < 4.78 is 30.5. The molecule has 0 spiro atoms. The molecule has 3 aromatic rings. The predicted octanol–water partition coefficient (Wildman–Crippen LogP) is 13.5. The van der Waals surface area contributed by atoms with Crippen molar-refractivity contribution >= 4 is 23.9 Å². The first-order chi connectivity index (χ1) is 37.6. The van der Waals surface area contributed by atoms with Crippen LogP contribution in [0.15, 0.2) is 101 Å². The summed E-state index contributed by atoms with van der Waals surface area (Å²) in [5, 5.41) is 10.1. The summed E-state index contributed by atoms with van der Waals surface area (Å²) in [7, 11) is 4.66. The van der Waals surface area contributed by atoms with Crippen LogP contribution in [-0.2, 0) is 34.2 Å². The number of rotatable bonds is 24. The van der Waals surface area contributed by atoms with Crippen LogP contribution in [0.5, 0.6) is 11.5 Å². The molecule has 3 saturated carbocycles. The van der Waals surface area contributed by atoms with Gasteiger partial charge < -0.3 is 33.9 Å². The molecule has 78 heavy (non-hydrogen) atoms. The van der Waals surface area contributed by atoms with Gasteiger partial charge in [0.05, 0.1) is 33.8 Å². The Morgan fingerprint density at radius 1 is 0.744 bits per heavy atom. The topological polar surface area (TPSA) is 154 Å². The Labute approximate surface area is 465 Å². The number of hydrogen-bond donors (Lipinski definition) is 1. The number of nitrogens with zero attached hydrogens (tertiary/aromatic N) is 3. The third-order valence-electron chi connectivity index (χ3n) is 19.3. The maximum Gasteiger partial charge on any atom is 0.407 e. The largest absolute Gasteiger partial charge is 0.497 e. The van der Waals surface area contributed by atoms with Crippen LogP contribution in [0.4, 0.5) is 4.79 Å². The predicted molar refractivity (Wildman–Crippen MR) is 303 cm³/mol. The lowest BCUT2D eigenvalue weighted by Crippen LogP contribution is -2.51. The number of ether oxygens (including phenoxy) is 5. The van der Waals surface area contributed by atoms with Gasteiger partial charge in [0.15, 0.2) is 0 Å². The Balaban J connectivity index is 0.835. The van der Waals surface area contributed by atoms with Crippen molar-refractivity contribution in [3.05, 3.63) is 107 Å². The van der Waals surface area contributed by atoms with Crippen molar-refractivity contribution in [2.75, 3.05) is 47.5 Å². The zero-order valence-electron chi connectivity index (χ0n) is 48.1. The first-order valence-corrected chi connectivity index (χ1v) is 29.5. The summed E-state index contributed by atoms with van der Waals surface area (Å²) in [6, 6.07) is 25.5. The number of unbranched alkanes of at least 4 members (excludes halogenated alkanes) is 2. The molecule has 1 aliphatic heterocycles. The van der Waals surface area contributed by atoms with E-state index < -0.39 is 29.5 Å². The van der Waals surface area contributed by atoms with Gasteiger partial charge in [-0.25, -0.2) is 4.79 Å². The molecule has 0 aromatic heterocycles. The maximum absolute atomic E-state index is 14.0. The molecule has 13 heteroatoms. The van der Waals surface area contributed by atoms with Gasteiger partial charge in [0, 0.05) is 45.3 Å². The molecule has 3 amide bonds. The smallest absolute Gasteiger partial charge is 0.407 e. The highest BCUT2D eigenvalue weighted by atomic mass is 16.6. The number of allylic oxidation sites excluding steroid dienone is 1. The minimum atomic E-state index is -1.12. The molecule has 5 aliphatic rings. The molecule has 7 unspecified atom stereocenters. The summed E-state index contributed by atoms with van der Waals surface area (Å²) in [4.78, 5) is 54.4. The Kier molecular flexibility index (Phi) is 20.0. The second kappa shape index (κ2) is 26.6. The molecule has 3 aromatic carbocycles. The van der Waals surface area contributed by atoms with Crippen LogP contribution in [0.2, 0.25) is 0 Å². The SMILES string of the molecule is CN=NC(=O)CCC(=O)OC1CN(C(=O)CCCCCNC(=O)OC2CC[C@@]3(C)C(=CCC4C3CC[C@@]3(C)C4CC[C@@H]3C(C)CCCC(C)C)C2)CC1COC(c1ccccc1)(c1ccc(OC)cc1)c1ccc(OC)cc1. The number of esters is 1. The number of carbonyl (C=O) groups excluding carboxylic acids is 4. The molecule has 1 N–H and O–H groups in total. The van der Waals surface area contributed by atoms with Crippen LogP contribution in [0.3, 0.4) is 0 Å². The number of benzene rings is 3. The first kappa shape index (κ1) is 58.6. The van der Waals surface area contributed by atoms with Gasteiger partial charge in [-0.15, -0.1) is 5.11 Å². The molecule has 13 nitrogen and oxygen atoms in total. The number of amides is 3. The van der Waals surface area contributed by atoms with E-state index in [1.54, 1.807) is 19.1 Å². The van der Waals surface area contributed by atoms with Gasteiger partial charge in [0.1, 0.15) is 29.3 Å². The fourth-order valence-corrected chi connectivity index (χ4v) is 15.1.